The van der Waals surface area contributed by atoms with Crippen molar-refractivity contribution >= 4 is 17.5 Å². The van der Waals surface area contributed by atoms with Gasteiger partial charge in [-0.05, 0) is 36.6 Å². The van der Waals surface area contributed by atoms with Crippen LogP contribution in [-0.4, -0.2) is 33.4 Å². The van der Waals surface area contributed by atoms with E-state index in [4.69, 9.17) is 16.0 Å². The highest BCUT2D eigenvalue weighted by atomic mass is 35.5. The van der Waals surface area contributed by atoms with E-state index in [0.717, 1.165) is 35.7 Å². The van der Waals surface area contributed by atoms with E-state index in [-0.39, 0.29) is 5.91 Å². The fourth-order valence-corrected chi connectivity index (χ4v) is 3.40. The van der Waals surface area contributed by atoms with Crippen LogP contribution in [-0.2, 0) is 19.5 Å². The number of pyridine rings is 1. The van der Waals surface area contributed by atoms with Crippen LogP contribution in [0.2, 0.25) is 5.02 Å². The third-order valence-electron chi connectivity index (χ3n) is 4.91. The molecule has 0 bridgehead atoms. The number of carbonyl (C=O) groups excluding carboxylic acids is 1. The number of halogens is 1. The predicted octanol–water partition coefficient (Wildman–Crippen LogP) is 3.86. The second kappa shape index (κ2) is 9.20. The van der Waals surface area contributed by atoms with Crippen molar-refractivity contribution < 1.29 is 9.21 Å². The second-order valence-corrected chi connectivity index (χ2v) is 7.59. The Bertz CT molecular complexity index is 956. The summed E-state index contributed by atoms with van der Waals surface area (Å²) < 4.78 is 5.57. The molecule has 6 nitrogen and oxygen atoms in total. The zero-order chi connectivity index (χ0) is 20.1. The maximum Gasteiger partial charge on any atom is 0.273 e. The lowest BCUT2D eigenvalue weighted by Crippen LogP contribution is -2.27. The van der Waals surface area contributed by atoms with Crippen LogP contribution in [0.3, 0.4) is 0 Å². The molecule has 29 heavy (non-hydrogen) atoms. The highest BCUT2D eigenvalue weighted by Gasteiger charge is 2.30. The normalized spacial score (nSPS) is 13.6. The molecule has 4 rings (SSSR count). The third kappa shape index (κ3) is 5.43. The molecule has 150 valence electrons. The number of hydrogen-bond donors (Lipinski definition) is 1. The summed E-state index contributed by atoms with van der Waals surface area (Å²) in [5, 5.41) is 3.63. The van der Waals surface area contributed by atoms with E-state index in [0.29, 0.717) is 37.1 Å². The van der Waals surface area contributed by atoms with Gasteiger partial charge < -0.3 is 9.73 Å². The van der Waals surface area contributed by atoms with Gasteiger partial charge in [0.25, 0.3) is 5.91 Å². The van der Waals surface area contributed by atoms with E-state index in [1.54, 1.807) is 6.20 Å². The van der Waals surface area contributed by atoms with Gasteiger partial charge in [0, 0.05) is 42.5 Å². The SMILES string of the molecule is O=C(NCCc1ccccn1)c1coc(CN(Cc2ccccc2Cl)C2CC2)n1. The lowest BCUT2D eigenvalue weighted by Gasteiger charge is -2.20. The van der Waals surface area contributed by atoms with Crippen LogP contribution in [0, 0.1) is 0 Å². The molecule has 3 aromatic rings. The lowest BCUT2D eigenvalue weighted by atomic mass is 10.2. The highest BCUT2D eigenvalue weighted by molar-refractivity contribution is 6.31. The van der Waals surface area contributed by atoms with E-state index in [9.17, 15) is 4.79 Å². The molecule has 1 aliphatic carbocycles. The van der Waals surface area contributed by atoms with Crippen molar-refractivity contribution in [2.24, 2.45) is 0 Å². The van der Waals surface area contributed by atoms with Gasteiger partial charge in [0.2, 0.25) is 5.89 Å². The molecule has 0 atom stereocenters. The van der Waals surface area contributed by atoms with Crippen LogP contribution >= 0.6 is 11.6 Å². The molecule has 2 heterocycles. The molecule has 1 N–H and O–H groups in total. The number of nitrogens with zero attached hydrogens (tertiary/aromatic N) is 3. The topological polar surface area (TPSA) is 71.3 Å². The molecule has 7 heteroatoms. The van der Waals surface area contributed by atoms with Gasteiger partial charge in [-0.1, -0.05) is 35.9 Å². The summed E-state index contributed by atoms with van der Waals surface area (Å²) in [5.74, 6) is 0.304. The van der Waals surface area contributed by atoms with E-state index in [1.807, 2.05) is 42.5 Å². The van der Waals surface area contributed by atoms with Gasteiger partial charge in [-0.2, -0.15) is 0 Å². The Morgan fingerprint density at radius 1 is 1.17 bits per heavy atom. The van der Waals surface area contributed by atoms with Crippen LogP contribution in [0.4, 0.5) is 0 Å². The van der Waals surface area contributed by atoms with Gasteiger partial charge in [-0.3, -0.25) is 14.7 Å². The minimum atomic E-state index is -0.236. The average Bonchev–Trinajstić information content (AvgIpc) is 3.48. The largest absolute Gasteiger partial charge is 0.447 e. The van der Waals surface area contributed by atoms with Crippen molar-refractivity contribution in [1.82, 2.24) is 20.2 Å². The Balaban J connectivity index is 1.32. The Kier molecular flexibility index (Phi) is 6.22. The minimum Gasteiger partial charge on any atom is -0.447 e. The van der Waals surface area contributed by atoms with Crippen LogP contribution < -0.4 is 5.32 Å². The number of hydrogen-bond acceptors (Lipinski definition) is 5. The number of aromatic nitrogens is 2. The zero-order valence-electron chi connectivity index (χ0n) is 16.1. The van der Waals surface area contributed by atoms with Crippen molar-refractivity contribution in [3.8, 4) is 0 Å². The van der Waals surface area contributed by atoms with Crippen molar-refractivity contribution in [1.29, 1.82) is 0 Å². The highest BCUT2D eigenvalue weighted by Crippen LogP contribution is 2.31. The van der Waals surface area contributed by atoms with Gasteiger partial charge in [-0.25, -0.2) is 4.98 Å². The van der Waals surface area contributed by atoms with Crippen molar-refractivity contribution in [2.75, 3.05) is 6.54 Å². The molecule has 2 aromatic heterocycles. The molecule has 1 saturated carbocycles. The number of oxazole rings is 1. The van der Waals surface area contributed by atoms with Crippen LogP contribution in [0.25, 0.3) is 0 Å². The van der Waals surface area contributed by atoms with Crippen molar-refractivity contribution in [3.05, 3.63) is 82.8 Å². The molecule has 0 aliphatic heterocycles. The molecule has 1 fully saturated rings. The molecule has 1 aromatic carbocycles. The monoisotopic (exact) mass is 410 g/mol. The number of carbonyl (C=O) groups is 1. The average molecular weight is 411 g/mol. The van der Waals surface area contributed by atoms with Gasteiger partial charge in [0.05, 0.1) is 6.54 Å². The Hall–Kier alpha value is -2.70. The Labute approximate surface area is 174 Å². The van der Waals surface area contributed by atoms with E-state index >= 15 is 0 Å². The van der Waals surface area contributed by atoms with E-state index in [2.05, 4.69) is 20.2 Å². The summed E-state index contributed by atoms with van der Waals surface area (Å²) in [6.07, 6.45) is 6.16. The van der Waals surface area contributed by atoms with Crippen LogP contribution in [0.15, 0.2) is 59.3 Å². The molecule has 1 amide bonds. The summed E-state index contributed by atoms with van der Waals surface area (Å²) in [5.41, 5.74) is 2.32. The lowest BCUT2D eigenvalue weighted by molar-refractivity contribution is 0.0949. The second-order valence-electron chi connectivity index (χ2n) is 7.18. The quantitative estimate of drug-likeness (QED) is 0.580. The predicted molar refractivity (Wildman–Crippen MR) is 110 cm³/mol. The molecule has 0 saturated heterocycles. The first kappa shape index (κ1) is 19.6. The van der Waals surface area contributed by atoms with Gasteiger partial charge in [0.15, 0.2) is 5.69 Å². The number of nitrogens with one attached hydrogen (secondary N) is 1. The number of amides is 1. The summed E-state index contributed by atoms with van der Waals surface area (Å²) in [4.78, 5) is 23.3. The maximum atomic E-state index is 12.3. The first-order valence-electron chi connectivity index (χ1n) is 9.79. The van der Waals surface area contributed by atoms with E-state index < -0.39 is 0 Å². The summed E-state index contributed by atoms with van der Waals surface area (Å²) in [6.45, 7) is 1.79. The Morgan fingerprint density at radius 3 is 2.76 bits per heavy atom. The fourth-order valence-electron chi connectivity index (χ4n) is 3.20. The zero-order valence-corrected chi connectivity index (χ0v) is 16.8. The summed E-state index contributed by atoms with van der Waals surface area (Å²) in [7, 11) is 0. The van der Waals surface area contributed by atoms with Crippen molar-refractivity contribution in [3.63, 3.8) is 0 Å². The first-order valence-corrected chi connectivity index (χ1v) is 10.2. The van der Waals surface area contributed by atoms with Gasteiger partial charge in [-0.15, -0.1) is 0 Å². The first-order chi connectivity index (χ1) is 14.2. The maximum absolute atomic E-state index is 12.3. The molecule has 0 unspecified atom stereocenters. The summed E-state index contributed by atoms with van der Waals surface area (Å²) >= 11 is 6.31. The Morgan fingerprint density at radius 2 is 2.00 bits per heavy atom. The standard InChI is InChI=1S/C22H23ClN4O2/c23-19-7-2-1-5-16(19)13-27(18-8-9-18)14-21-26-20(15-29-21)22(28)25-12-10-17-6-3-4-11-24-17/h1-7,11,15,18H,8-10,12-14H2,(H,25,28). The van der Waals surface area contributed by atoms with Crippen LogP contribution in [0.1, 0.15) is 40.5 Å². The number of benzene rings is 1. The molecule has 0 radical (unpaired) electrons. The molecular formula is C22H23ClN4O2. The third-order valence-corrected chi connectivity index (χ3v) is 5.28. The smallest absolute Gasteiger partial charge is 0.273 e. The summed E-state index contributed by atoms with van der Waals surface area (Å²) in [6, 6.07) is 14.1. The fraction of sp³-hybridized carbons (Fsp3) is 0.318. The van der Waals surface area contributed by atoms with Crippen LogP contribution in [0.5, 0.6) is 0 Å². The van der Waals surface area contributed by atoms with Crippen molar-refractivity contribution in [2.45, 2.75) is 38.4 Å². The van der Waals surface area contributed by atoms with Gasteiger partial charge >= 0.3 is 0 Å². The van der Waals surface area contributed by atoms with E-state index in [1.165, 1.54) is 6.26 Å². The number of rotatable bonds is 9. The molecule has 1 aliphatic rings. The minimum absolute atomic E-state index is 0.236. The molecule has 0 spiro atoms. The van der Waals surface area contributed by atoms with Gasteiger partial charge in [0.1, 0.15) is 6.26 Å². The molecular weight excluding hydrogens is 388 g/mol.